The van der Waals surface area contributed by atoms with Gasteiger partial charge >= 0.3 is 0 Å². The van der Waals surface area contributed by atoms with E-state index < -0.39 is 0 Å². The van der Waals surface area contributed by atoms with Gasteiger partial charge in [0.05, 0.1) is 0 Å². The van der Waals surface area contributed by atoms with Crippen molar-refractivity contribution in [2.24, 2.45) is 11.3 Å². The Morgan fingerprint density at radius 2 is 2.07 bits per heavy atom. The first-order chi connectivity index (χ1) is 6.97. The van der Waals surface area contributed by atoms with Crippen LogP contribution in [0.4, 0.5) is 0 Å². The molecule has 0 heterocycles. The molecule has 0 aromatic carbocycles. The van der Waals surface area contributed by atoms with E-state index in [2.05, 4.69) is 51.8 Å². The number of hydrogen-bond donors (Lipinski definition) is 1. The Morgan fingerprint density at radius 3 is 2.60 bits per heavy atom. The molecule has 1 fully saturated rings. The predicted octanol–water partition coefficient (Wildman–Crippen LogP) is 3.54. The van der Waals surface area contributed by atoms with Gasteiger partial charge in [0.15, 0.2) is 0 Å². The third kappa shape index (κ3) is 3.67. The summed E-state index contributed by atoms with van der Waals surface area (Å²) in [7, 11) is 2.12. The SMILES string of the molecule is CNC1C(SCCC(C)C)CCC1(C)C. The molecule has 1 nitrogen and oxygen atoms in total. The second kappa shape index (κ2) is 5.58. The highest BCUT2D eigenvalue weighted by atomic mass is 32.2. The van der Waals surface area contributed by atoms with Gasteiger partial charge in [0.1, 0.15) is 0 Å². The van der Waals surface area contributed by atoms with Crippen molar-refractivity contribution in [1.29, 1.82) is 0 Å². The zero-order valence-corrected chi connectivity index (χ0v) is 11.8. The molecule has 1 aliphatic rings. The second-order valence-corrected chi connectivity index (χ2v) is 7.23. The number of nitrogens with one attached hydrogen (secondary N) is 1. The summed E-state index contributed by atoms with van der Waals surface area (Å²) in [5.41, 5.74) is 0.490. The van der Waals surface area contributed by atoms with Gasteiger partial charge in [-0.25, -0.2) is 0 Å². The summed E-state index contributed by atoms with van der Waals surface area (Å²) in [5.74, 6) is 2.18. The van der Waals surface area contributed by atoms with Crippen molar-refractivity contribution in [2.45, 2.75) is 58.2 Å². The van der Waals surface area contributed by atoms with E-state index in [9.17, 15) is 0 Å². The van der Waals surface area contributed by atoms with E-state index in [1.54, 1.807) is 0 Å². The smallest absolute Gasteiger partial charge is 0.0234 e. The lowest BCUT2D eigenvalue weighted by Crippen LogP contribution is -2.41. The van der Waals surface area contributed by atoms with Gasteiger partial charge in [0, 0.05) is 11.3 Å². The van der Waals surface area contributed by atoms with Crippen molar-refractivity contribution in [1.82, 2.24) is 5.32 Å². The zero-order chi connectivity index (χ0) is 11.5. The molecule has 0 aromatic rings. The minimum absolute atomic E-state index is 0.490. The Bertz CT molecular complexity index is 189. The van der Waals surface area contributed by atoms with Crippen LogP contribution in [0.2, 0.25) is 0 Å². The van der Waals surface area contributed by atoms with Gasteiger partial charge in [-0.2, -0.15) is 11.8 Å². The molecule has 0 aliphatic heterocycles. The Morgan fingerprint density at radius 1 is 1.40 bits per heavy atom. The summed E-state index contributed by atoms with van der Waals surface area (Å²) < 4.78 is 0. The van der Waals surface area contributed by atoms with Crippen molar-refractivity contribution in [3.63, 3.8) is 0 Å². The summed E-state index contributed by atoms with van der Waals surface area (Å²) >= 11 is 2.18. The quantitative estimate of drug-likeness (QED) is 0.774. The van der Waals surface area contributed by atoms with Gasteiger partial charge in [-0.05, 0) is 43.4 Å². The van der Waals surface area contributed by atoms with Gasteiger partial charge in [-0.3, -0.25) is 0 Å². The van der Waals surface area contributed by atoms with Gasteiger partial charge in [-0.1, -0.05) is 27.7 Å². The molecule has 1 N–H and O–H groups in total. The standard InChI is InChI=1S/C13H27NS/c1-10(2)7-9-15-11-6-8-13(3,4)12(11)14-5/h10-12,14H,6-9H2,1-5H3. The molecule has 0 amide bonds. The van der Waals surface area contributed by atoms with E-state index in [4.69, 9.17) is 0 Å². The molecule has 0 saturated heterocycles. The molecule has 1 aliphatic carbocycles. The van der Waals surface area contributed by atoms with Crippen molar-refractivity contribution >= 4 is 11.8 Å². The van der Waals surface area contributed by atoms with Gasteiger partial charge < -0.3 is 5.32 Å². The Hall–Kier alpha value is 0.310. The van der Waals surface area contributed by atoms with E-state index in [0.29, 0.717) is 11.5 Å². The van der Waals surface area contributed by atoms with Crippen LogP contribution in [0.3, 0.4) is 0 Å². The molecule has 15 heavy (non-hydrogen) atoms. The molecule has 0 radical (unpaired) electrons. The third-order valence-electron chi connectivity index (χ3n) is 3.63. The lowest BCUT2D eigenvalue weighted by molar-refractivity contribution is 0.300. The van der Waals surface area contributed by atoms with E-state index in [1.807, 2.05) is 0 Å². The first-order valence-corrected chi connectivity index (χ1v) is 7.31. The normalized spacial score (nSPS) is 30.0. The van der Waals surface area contributed by atoms with Crippen LogP contribution in [-0.2, 0) is 0 Å². The van der Waals surface area contributed by atoms with Crippen LogP contribution in [0.1, 0.15) is 47.0 Å². The maximum atomic E-state index is 3.52. The molecule has 1 rings (SSSR count). The van der Waals surface area contributed by atoms with Crippen LogP contribution in [0.25, 0.3) is 0 Å². The molecule has 0 aromatic heterocycles. The monoisotopic (exact) mass is 229 g/mol. The minimum Gasteiger partial charge on any atom is -0.315 e. The lowest BCUT2D eigenvalue weighted by Gasteiger charge is -2.30. The highest BCUT2D eigenvalue weighted by Crippen LogP contribution is 2.42. The topological polar surface area (TPSA) is 12.0 Å². The summed E-state index contributed by atoms with van der Waals surface area (Å²) in [6.45, 7) is 9.43. The van der Waals surface area contributed by atoms with Crippen molar-refractivity contribution in [2.75, 3.05) is 12.8 Å². The highest BCUT2D eigenvalue weighted by molar-refractivity contribution is 7.99. The Kier molecular flexibility index (Phi) is 4.98. The number of hydrogen-bond acceptors (Lipinski definition) is 2. The van der Waals surface area contributed by atoms with Crippen molar-refractivity contribution < 1.29 is 0 Å². The predicted molar refractivity (Wildman–Crippen MR) is 71.6 cm³/mol. The highest BCUT2D eigenvalue weighted by Gasteiger charge is 2.40. The molecule has 1 saturated carbocycles. The molecule has 0 bridgehead atoms. The summed E-state index contributed by atoms with van der Waals surface area (Å²) in [6.07, 6.45) is 4.12. The fraction of sp³-hybridized carbons (Fsp3) is 1.00. The van der Waals surface area contributed by atoms with Crippen molar-refractivity contribution in [3.05, 3.63) is 0 Å². The fourth-order valence-electron chi connectivity index (χ4n) is 2.55. The largest absolute Gasteiger partial charge is 0.315 e. The van der Waals surface area contributed by atoms with E-state index >= 15 is 0 Å². The zero-order valence-electron chi connectivity index (χ0n) is 11.0. The van der Waals surface area contributed by atoms with E-state index in [1.165, 1.54) is 25.0 Å². The average molecular weight is 229 g/mol. The second-order valence-electron chi connectivity index (χ2n) is 5.89. The average Bonchev–Trinajstić information content (AvgIpc) is 2.40. The van der Waals surface area contributed by atoms with Gasteiger partial charge in [-0.15, -0.1) is 0 Å². The maximum Gasteiger partial charge on any atom is 0.0234 e. The summed E-state index contributed by atoms with van der Waals surface area (Å²) in [4.78, 5) is 0. The Balaban J connectivity index is 2.36. The molecular weight excluding hydrogens is 202 g/mol. The molecule has 2 heteroatoms. The lowest BCUT2D eigenvalue weighted by atomic mass is 9.87. The first-order valence-electron chi connectivity index (χ1n) is 6.26. The van der Waals surface area contributed by atoms with Crippen LogP contribution < -0.4 is 5.32 Å². The van der Waals surface area contributed by atoms with Crippen molar-refractivity contribution in [3.8, 4) is 0 Å². The third-order valence-corrected chi connectivity index (χ3v) is 5.03. The summed E-state index contributed by atoms with van der Waals surface area (Å²) in [6, 6.07) is 0.703. The molecule has 0 spiro atoms. The van der Waals surface area contributed by atoms with Crippen LogP contribution in [-0.4, -0.2) is 24.1 Å². The van der Waals surface area contributed by atoms with E-state index in [-0.39, 0.29) is 0 Å². The maximum absolute atomic E-state index is 3.52. The molecule has 2 atom stereocenters. The van der Waals surface area contributed by atoms with E-state index in [0.717, 1.165) is 11.2 Å². The van der Waals surface area contributed by atoms with Crippen LogP contribution in [0.5, 0.6) is 0 Å². The van der Waals surface area contributed by atoms with Crippen LogP contribution in [0.15, 0.2) is 0 Å². The molecule has 2 unspecified atom stereocenters. The molecular formula is C13H27NS. The molecule has 90 valence electrons. The Labute approximate surface area is 99.8 Å². The van der Waals surface area contributed by atoms with Gasteiger partial charge in [0.25, 0.3) is 0 Å². The van der Waals surface area contributed by atoms with Crippen LogP contribution >= 0.6 is 11.8 Å². The van der Waals surface area contributed by atoms with Gasteiger partial charge in [0.2, 0.25) is 0 Å². The minimum atomic E-state index is 0.490. The number of thioether (sulfide) groups is 1. The van der Waals surface area contributed by atoms with Crippen LogP contribution in [0, 0.1) is 11.3 Å². The fourth-order valence-corrected chi connectivity index (χ4v) is 4.44. The number of rotatable bonds is 5. The summed E-state index contributed by atoms with van der Waals surface area (Å²) in [5, 5.41) is 4.36. The first kappa shape index (κ1) is 13.4.